The molecule has 1 aliphatic carbocycles. The number of hydrogen-bond donors (Lipinski definition) is 1. The molecule has 0 atom stereocenters. The lowest BCUT2D eigenvalue weighted by molar-refractivity contribution is -0.0503. The molecule has 2 rings (SSSR count). The summed E-state index contributed by atoms with van der Waals surface area (Å²) in [6, 6.07) is 2.16. The lowest BCUT2D eigenvalue weighted by Crippen LogP contribution is -2.27. The minimum absolute atomic E-state index is 0.0000492. The molecule has 1 N–H and O–H groups in total. The standard InChI is InChI=1S/C11H9BrF3NO2/c12-5-3-7(13)9(8(4-5)18-11(14)15)10(17)16-6-1-2-6/h3-4,6,11H,1-2H2,(H,16,17). The van der Waals surface area contributed by atoms with Crippen molar-refractivity contribution in [3.8, 4) is 5.75 Å². The maximum atomic E-state index is 13.7. The molecule has 7 heteroatoms. The van der Waals surface area contributed by atoms with Crippen LogP contribution in [0.25, 0.3) is 0 Å². The number of alkyl halides is 2. The van der Waals surface area contributed by atoms with E-state index in [4.69, 9.17) is 0 Å². The van der Waals surface area contributed by atoms with Gasteiger partial charge in [0.15, 0.2) is 0 Å². The van der Waals surface area contributed by atoms with E-state index < -0.39 is 29.6 Å². The molecular weight excluding hydrogens is 315 g/mol. The average Bonchev–Trinajstić information content (AvgIpc) is 2.98. The first-order chi connectivity index (χ1) is 8.47. The third-order valence-corrected chi connectivity index (χ3v) is 2.83. The van der Waals surface area contributed by atoms with E-state index in [0.717, 1.165) is 25.0 Å². The van der Waals surface area contributed by atoms with E-state index in [1.165, 1.54) is 0 Å². The van der Waals surface area contributed by atoms with Gasteiger partial charge in [0.1, 0.15) is 17.1 Å². The van der Waals surface area contributed by atoms with Gasteiger partial charge in [-0.05, 0) is 25.0 Å². The highest BCUT2D eigenvalue weighted by molar-refractivity contribution is 9.10. The van der Waals surface area contributed by atoms with E-state index in [1.807, 2.05) is 0 Å². The van der Waals surface area contributed by atoms with E-state index in [0.29, 0.717) is 0 Å². The predicted octanol–water partition coefficient (Wildman–Crippen LogP) is 3.08. The Morgan fingerprint density at radius 1 is 1.44 bits per heavy atom. The number of ether oxygens (including phenoxy) is 1. The van der Waals surface area contributed by atoms with Gasteiger partial charge in [0.25, 0.3) is 5.91 Å². The molecule has 1 aromatic rings. The van der Waals surface area contributed by atoms with Crippen LogP contribution in [0.4, 0.5) is 13.2 Å². The van der Waals surface area contributed by atoms with Gasteiger partial charge in [-0.2, -0.15) is 8.78 Å². The van der Waals surface area contributed by atoms with Gasteiger partial charge in [-0.15, -0.1) is 0 Å². The first-order valence-corrected chi connectivity index (χ1v) is 6.01. The Morgan fingerprint density at radius 2 is 2.11 bits per heavy atom. The molecule has 1 aliphatic rings. The summed E-state index contributed by atoms with van der Waals surface area (Å²) in [7, 11) is 0. The first-order valence-electron chi connectivity index (χ1n) is 5.22. The van der Waals surface area contributed by atoms with E-state index in [-0.39, 0.29) is 10.5 Å². The summed E-state index contributed by atoms with van der Waals surface area (Å²) in [6.45, 7) is -3.12. The largest absolute Gasteiger partial charge is 0.434 e. The highest BCUT2D eigenvalue weighted by Crippen LogP contribution is 2.29. The van der Waals surface area contributed by atoms with Crippen LogP contribution in [0.2, 0.25) is 0 Å². The molecule has 0 bridgehead atoms. The Morgan fingerprint density at radius 3 is 2.67 bits per heavy atom. The summed E-state index contributed by atoms with van der Waals surface area (Å²) in [4.78, 5) is 11.7. The molecule has 18 heavy (non-hydrogen) atoms. The molecule has 0 saturated heterocycles. The van der Waals surface area contributed by atoms with Crippen LogP contribution in [0.15, 0.2) is 16.6 Å². The maximum absolute atomic E-state index is 13.7. The molecule has 1 aromatic carbocycles. The Balaban J connectivity index is 2.32. The molecule has 1 fully saturated rings. The van der Waals surface area contributed by atoms with Crippen LogP contribution >= 0.6 is 15.9 Å². The molecule has 1 saturated carbocycles. The van der Waals surface area contributed by atoms with Crippen LogP contribution in [0.5, 0.6) is 5.75 Å². The van der Waals surface area contributed by atoms with Crippen molar-refractivity contribution in [3.05, 3.63) is 28.0 Å². The quantitative estimate of drug-likeness (QED) is 0.924. The highest BCUT2D eigenvalue weighted by atomic mass is 79.9. The lowest BCUT2D eigenvalue weighted by atomic mass is 10.1. The van der Waals surface area contributed by atoms with Crippen molar-refractivity contribution < 1.29 is 22.7 Å². The fourth-order valence-electron chi connectivity index (χ4n) is 1.44. The number of benzene rings is 1. The Hall–Kier alpha value is -1.24. The third kappa shape index (κ3) is 3.16. The smallest absolute Gasteiger partial charge is 0.387 e. The fourth-order valence-corrected chi connectivity index (χ4v) is 1.85. The molecule has 0 heterocycles. The van der Waals surface area contributed by atoms with Crippen molar-refractivity contribution in [2.45, 2.75) is 25.5 Å². The fraction of sp³-hybridized carbons (Fsp3) is 0.364. The SMILES string of the molecule is O=C(NC1CC1)c1c(F)cc(Br)cc1OC(F)F. The summed E-state index contributed by atoms with van der Waals surface area (Å²) >= 11 is 2.95. The second-order valence-corrected chi connectivity index (χ2v) is 4.80. The number of halogens is 4. The summed E-state index contributed by atoms with van der Waals surface area (Å²) in [6.07, 6.45) is 1.63. The van der Waals surface area contributed by atoms with Gasteiger partial charge in [0.2, 0.25) is 0 Å². The van der Waals surface area contributed by atoms with E-state index in [2.05, 4.69) is 26.0 Å². The molecule has 0 unspecified atom stereocenters. The summed E-state index contributed by atoms with van der Waals surface area (Å²) < 4.78 is 42.5. The van der Waals surface area contributed by atoms with Crippen molar-refractivity contribution in [2.75, 3.05) is 0 Å². The third-order valence-electron chi connectivity index (χ3n) is 2.37. The molecule has 0 aromatic heterocycles. The normalized spacial score (nSPS) is 14.7. The van der Waals surface area contributed by atoms with Gasteiger partial charge >= 0.3 is 6.61 Å². The molecule has 0 spiro atoms. The minimum atomic E-state index is -3.12. The second-order valence-electron chi connectivity index (χ2n) is 3.89. The van der Waals surface area contributed by atoms with Crippen LogP contribution in [0.1, 0.15) is 23.2 Å². The monoisotopic (exact) mass is 323 g/mol. The number of amides is 1. The number of rotatable bonds is 4. The van der Waals surface area contributed by atoms with Crippen LogP contribution < -0.4 is 10.1 Å². The molecule has 1 amide bonds. The van der Waals surface area contributed by atoms with E-state index in [1.54, 1.807) is 0 Å². The van der Waals surface area contributed by atoms with Crippen molar-refractivity contribution in [1.29, 1.82) is 0 Å². The number of carbonyl (C=O) groups is 1. The zero-order valence-electron chi connectivity index (χ0n) is 9.05. The van der Waals surface area contributed by atoms with Gasteiger partial charge < -0.3 is 10.1 Å². The van der Waals surface area contributed by atoms with Crippen molar-refractivity contribution in [3.63, 3.8) is 0 Å². The summed E-state index contributed by atoms with van der Waals surface area (Å²) in [5, 5.41) is 2.52. The van der Waals surface area contributed by atoms with Gasteiger partial charge in [0.05, 0.1) is 0 Å². The van der Waals surface area contributed by atoms with Crippen LogP contribution in [0, 0.1) is 5.82 Å². The van der Waals surface area contributed by atoms with E-state index >= 15 is 0 Å². The topological polar surface area (TPSA) is 38.3 Å². The Labute approximate surface area is 109 Å². The average molecular weight is 324 g/mol. The zero-order valence-corrected chi connectivity index (χ0v) is 10.6. The number of nitrogens with one attached hydrogen (secondary N) is 1. The number of carbonyl (C=O) groups excluding carboxylic acids is 1. The molecular formula is C11H9BrF3NO2. The summed E-state index contributed by atoms with van der Waals surface area (Å²) in [5.41, 5.74) is -0.495. The highest BCUT2D eigenvalue weighted by Gasteiger charge is 2.28. The minimum Gasteiger partial charge on any atom is -0.434 e. The van der Waals surface area contributed by atoms with Gasteiger partial charge in [0, 0.05) is 10.5 Å². The van der Waals surface area contributed by atoms with Gasteiger partial charge in [-0.25, -0.2) is 4.39 Å². The van der Waals surface area contributed by atoms with Crippen molar-refractivity contribution in [1.82, 2.24) is 5.32 Å². The maximum Gasteiger partial charge on any atom is 0.387 e. The van der Waals surface area contributed by atoms with Crippen molar-refractivity contribution >= 4 is 21.8 Å². The van der Waals surface area contributed by atoms with Crippen LogP contribution in [-0.4, -0.2) is 18.6 Å². The lowest BCUT2D eigenvalue weighted by Gasteiger charge is -2.12. The van der Waals surface area contributed by atoms with Crippen LogP contribution in [0.3, 0.4) is 0 Å². The molecule has 3 nitrogen and oxygen atoms in total. The predicted molar refractivity (Wildman–Crippen MR) is 61.2 cm³/mol. The van der Waals surface area contributed by atoms with Crippen molar-refractivity contribution in [2.24, 2.45) is 0 Å². The molecule has 0 radical (unpaired) electrons. The Bertz CT molecular complexity index is 478. The van der Waals surface area contributed by atoms with E-state index in [9.17, 15) is 18.0 Å². The van der Waals surface area contributed by atoms with Gasteiger partial charge in [-0.1, -0.05) is 15.9 Å². The first kappa shape index (κ1) is 13.2. The van der Waals surface area contributed by atoms with Crippen LogP contribution in [-0.2, 0) is 0 Å². The van der Waals surface area contributed by atoms with Gasteiger partial charge in [-0.3, -0.25) is 4.79 Å². The zero-order chi connectivity index (χ0) is 13.3. The summed E-state index contributed by atoms with van der Waals surface area (Å²) in [5.74, 6) is -2.12. The number of hydrogen-bond acceptors (Lipinski definition) is 2. The molecule has 98 valence electrons. The second kappa shape index (κ2) is 5.17. The Kier molecular flexibility index (Phi) is 3.79. The molecule has 0 aliphatic heterocycles.